The molecule has 0 saturated heterocycles. The van der Waals surface area contributed by atoms with E-state index in [1.165, 1.54) is 12.8 Å². The zero-order valence-corrected chi connectivity index (χ0v) is 6.57. The molecule has 1 N–H and O–H groups in total. The molecule has 2 unspecified atom stereocenters. The van der Waals surface area contributed by atoms with E-state index in [1.807, 2.05) is 0 Å². The van der Waals surface area contributed by atoms with Gasteiger partial charge in [0, 0.05) is 5.92 Å². The lowest BCUT2D eigenvalue weighted by Gasteiger charge is -2.35. The Morgan fingerprint density at radius 3 is 2.91 bits per heavy atom. The van der Waals surface area contributed by atoms with Crippen LogP contribution < -0.4 is 0 Å². The molecule has 0 aromatic carbocycles. The molecule has 1 aliphatic heterocycles. The third-order valence-corrected chi connectivity index (χ3v) is 2.72. The molecule has 1 saturated carbocycles. The van der Waals surface area contributed by atoms with E-state index in [4.69, 9.17) is 4.74 Å². The Kier molecular flexibility index (Phi) is 1.86. The third kappa shape index (κ3) is 1.27. The smallest absolute Gasteiger partial charge is 0.103 e. The summed E-state index contributed by atoms with van der Waals surface area (Å²) >= 11 is 0. The highest BCUT2D eigenvalue weighted by atomic mass is 16.5. The first kappa shape index (κ1) is 7.17. The number of hydrogen-bond acceptors (Lipinski definition) is 2. The number of aliphatic hydroxyl groups is 1. The Morgan fingerprint density at radius 2 is 2.09 bits per heavy atom. The molecule has 0 aromatic heterocycles. The normalized spacial score (nSPS) is 42.8. The topological polar surface area (TPSA) is 29.5 Å². The van der Waals surface area contributed by atoms with Crippen LogP contribution in [0, 0.1) is 5.92 Å². The Balaban J connectivity index is 2.08. The number of fused-ring (bicyclic) bond motifs is 1. The zero-order chi connectivity index (χ0) is 7.68. The maximum atomic E-state index is 9.54. The molecule has 2 heteroatoms. The van der Waals surface area contributed by atoms with Crippen molar-refractivity contribution in [1.82, 2.24) is 0 Å². The van der Waals surface area contributed by atoms with E-state index in [1.54, 1.807) is 12.3 Å². The zero-order valence-electron chi connectivity index (χ0n) is 6.57. The van der Waals surface area contributed by atoms with Crippen molar-refractivity contribution in [1.29, 1.82) is 0 Å². The van der Waals surface area contributed by atoms with E-state index in [9.17, 15) is 5.11 Å². The van der Waals surface area contributed by atoms with E-state index >= 15 is 0 Å². The molecule has 3 atom stereocenters. The van der Waals surface area contributed by atoms with Crippen LogP contribution in [0.15, 0.2) is 12.3 Å². The highest BCUT2D eigenvalue weighted by Crippen LogP contribution is 2.32. The summed E-state index contributed by atoms with van der Waals surface area (Å²) in [5.41, 5.74) is 0. The van der Waals surface area contributed by atoms with Gasteiger partial charge in [0.2, 0.25) is 0 Å². The maximum Gasteiger partial charge on any atom is 0.103 e. The molecule has 2 aliphatic rings. The highest BCUT2D eigenvalue weighted by Gasteiger charge is 2.32. The fourth-order valence-corrected chi connectivity index (χ4v) is 2.05. The highest BCUT2D eigenvalue weighted by molar-refractivity contribution is 4.97. The molecular weight excluding hydrogens is 140 g/mol. The van der Waals surface area contributed by atoms with E-state index < -0.39 is 0 Å². The molecule has 2 nitrogen and oxygen atoms in total. The second-order valence-corrected chi connectivity index (χ2v) is 3.44. The summed E-state index contributed by atoms with van der Waals surface area (Å²) in [7, 11) is 0. The van der Waals surface area contributed by atoms with Crippen LogP contribution in [0.3, 0.4) is 0 Å². The van der Waals surface area contributed by atoms with Gasteiger partial charge in [-0.25, -0.2) is 0 Å². The van der Waals surface area contributed by atoms with E-state index in [-0.39, 0.29) is 6.10 Å². The maximum absolute atomic E-state index is 9.54. The molecule has 1 heterocycles. The van der Waals surface area contributed by atoms with Crippen molar-refractivity contribution in [3.63, 3.8) is 0 Å². The van der Waals surface area contributed by atoms with Gasteiger partial charge in [0.1, 0.15) is 6.10 Å². The standard InChI is InChI=1S/C9H14O2/c10-8-5-6-11-9-4-2-1-3-7(8)9/h5-10H,1-4H2/t7?,8?,9-/m1/s1. The quantitative estimate of drug-likeness (QED) is 0.572. The summed E-state index contributed by atoms with van der Waals surface area (Å²) < 4.78 is 5.41. The van der Waals surface area contributed by atoms with Crippen molar-refractivity contribution in [3.05, 3.63) is 12.3 Å². The minimum absolute atomic E-state index is 0.256. The molecule has 0 spiro atoms. The molecule has 0 radical (unpaired) electrons. The number of ether oxygens (including phenoxy) is 1. The molecular formula is C9H14O2. The fraction of sp³-hybridized carbons (Fsp3) is 0.778. The SMILES string of the molecule is OC1C=CO[C@@H]2CCCCC12. The molecule has 2 rings (SSSR count). The summed E-state index contributed by atoms with van der Waals surface area (Å²) in [5.74, 6) is 0.369. The van der Waals surface area contributed by atoms with Crippen LogP contribution in [0.25, 0.3) is 0 Å². The number of rotatable bonds is 0. The second-order valence-electron chi connectivity index (χ2n) is 3.44. The lowest BCUT2D eigenvalue weighted by Crippen LogP contribution is -2.37. The van der Waals surface area contributed by atoms with Crippen LogP contribution in [-0.2, 0) is 4.74 Å². The van der Waals surface area contributed by atoms with Gasteiger partial charge < -0.3 is 9.84 Å². The Labute approximate surface area is 66.9 Å². The summed E-state index contributed by atoms with van der Waals surface area (Å²) in [5, 5.41) is 9.54. The van der Waals surface area contributed by atoms with Gasteiger partial charge in [0.15, 0.2) is 0 Å². The van der Waals surface area contributed by atoms with E-state index in [0.717, 1.165) is 12.8 Å². The predicted molar refractivity (Wildman–Crippen MR) is 42.0 cm³/mol. The van der Waals surface area contributed by atoms with E-state index in [2.05, 4.69) is 0 Å². The van der Waals surface area contributed by atoms with Gasteiger partial charge in [-0.15, -0.1) is 0 Å². The lowest BCUT2D eigenvalue weighted by atomic mass is 9.82. The summed E-state index contributed by atoms with van der Waals surface area (Å²) in [4.78, 5) is 0. The first-order valence-corrected chi connectivity index (χ1v) is 4.38. The van der Waals surface area contributed by atoms with Crippen molar-refractivity contribution in [2.45, 2.75) is 37.9 Å². The van der Waals surface area contributed by atoms with Crippen LogP contribution >= 0.6 is 0 Å². The van der Waals surface area contributed by atoms with Gasteiger partial charge in [-0.3, -0.25) is 0 Å². The van der Waals surface area contributed by atoms with Gasteiger partial charge in [0.25, 0.3) is 0 Å². The van der Waals surface area contributed by atoms with Crippen molar-refractivity contribution in [2.24, 2.45) is 5.92 Å². The van der Waals surface area contributed by atoms with Gasteiger partial charge in [-0.05, 0) is 25.3 Å². The van der Waals surface area contributed by atoms with Crippen LogP contribution in [0.5, 0.6) is 0 Å². The minimum Gasteiger partial charge on any atom is -0.498 e. The molecule has 1 aliphatic carbocycles. The van der Waals surface area contributed by atoms with Crippen molar-refractivity contribution in [2.75, 3.05) is 0 Å². The molecule has 1 fully saturated rings. The monoisotopic (exact) mass is 154 g/mol. The molecule has 0 bridgehead atoms. The van der Waals surface area contributed by atoms with Crippen LogP contribution in [0.1, 0.15) is 25.7 Å². The average Bonchev–Trinajstić information content (AvgIpc) is 2.06. The van der Waals surface area contributed by atoms with Crippen LogP contribution in [0.4, 0.5) is 0 Å². The van der Waals surface area contributed by atoms with Gasteiger partial charge >= 0.3 is 0 Å². The van der Waals surface area contributed by atoms with Crippen LogP contribution in [-0.4, -0.2) is 17.3 Å². The first-order valence-electron chi connectivity index (χ1n) is 4.38. The minimum atomic E-state index is -0.256. The van der Waals surface area contributed by atoms with Crippen molar-refractivity contribution >= 4 is 0 Å². The molecule has 11 heavy (non-hydrogen) atoms. The predicted octanol–water partition coefficient (Wildman–Crippen LogP) is 1.45. The average molecular weight is 154 g/mol. The molecule has 0 amide bonds. The summed E-state index contributed by atoms with van der Waals surface area (Å²) in [6, 6.07) is 0. The first-order chi connectivity index (χ1) is 5.38. The van der Waals surface area contributed by atoms with Gasteiger partial charge in [-0.1, -0.05) is 6.42 Å². The Bertz CT molecular complexity index is 165. The van der Waals surface area contributed by atoms with Crippen molar-refractivity contribution < 1.29 is 9.84 Å². The summed E-state index contributed by atoms with van der Waals surface area (Å²) in [6.45, 7) is 0. The molecule has 0 aromatic rings. The van der Waals surface area contributed by atoms with Crippen LogP contribution in [0.2, 0.25) is 0 Å². The Morgan fingerprint density at radius 1 is 1.27 bits per heavy atom. The third-order valence-electron chi connectivity index (χ3n) is 2.72. The molecule has 62 valence electrons. The van der Waals surface area contributed by atoms with Gasteiger partial charge in [-0.2, -0.15) is 0 Å². The second kappa shape index (κ2) is 2.86. The van der Waals surface area contributed by atoms with Gasteiger partial charge in [0.05, 0.1) is 12.4 Å². The Hall–Kier alpha value is -0.500. The number of aliphatic hydroxyl groups excluding tert-OH is 1. The lowest BCUT2D eigenvalue weighted by molar-refractivity contribution is -0.0211. The fourth-order valence-electron chi connectivity index (χ4n) is 2.05. The van der Waals surface area contributed by atoms with E-state index in [0.29, 0.717) is 12.0 Å². The van der Waals surface area contributed by atoms with Crippen molar-refractivity contribution in [3.8, 4) is 0 Å². The summed E-state index contributed by atoms with van der Waals surface area (Å²) in [6.07, 6.45) is 8.18. The largest absolute Gasteiger partial charge is 0.498 e. The number of hydrogen-bond donors (Lipinski definition) is 1.